The molecule has 0 saturated carbocycles. The van der Waals surface area contributed by atoms with Gasteiger partial charge in [-0.3, -0.25) is 4.79 Å². The van der Waals surface area contributed by atoms with Crippen molar-refractivity contribution in [3.05, 3.63) is 75.6 Å². The standard InChI is InChI=1S/C18H12F2N2O2/c1-24-13-4-2-11(3-5-13)9-22-10-12(8-21)18(23)14-6-15(19)16(20)7-17(14)22/h2-7,10H,9H2,1H3. The minimum atomic E-state index is -1.12. The molecule has 0 radical (unpaired) electrons. The van der Waals surface area contributed by atoms with Crippen molar-refractivity contribution in [1.82, 2.24) is 4.57 Å². The zero-order valence-electron chi connectivity index (χ0n) is 12.7. The molecule has 1 heterocycles. The van der Waals surface area contributed by atoms with Gasteiger partial charge in [-0.2, -0.15) is 5.26 Å². The van der Waals surface area contributed by atoms with E-state index in [-0.39, 0.29) is 16.5 Å². The number of fused-ring (bicyclic) bond motifs is 1. The summed E-state index contributed by atoms with van der Waals surface area (Å²) in [5, 5.41) is 9.09. The first kappa shape index (κ1) is 15.7. The zero-order valence-corrected chi connectivity index (χ0v) is 12.7. The van der Waals surface area contributed by atoms with Crippen LogP contribution in [0, 0.1) is 23.0 Å². The molecule has 0 aliphatic heterocycles. The SMILES string of the molecule is COc1ccc(Cn2cc(C#N)c(=O)c3cc(F)c(F)cc32)cc1. The molecule has 2 aromatic carbocycles. The van der Waals surface area contributed by atoms with Gasteiger partial charge in [0.05, 0.1) is 18.0 Å². The van der Waals surface area contributed by atoms with Crippen LogP contribution in [0.25, 0.3) is 10.9 Å². The van der Waals surface area contributed by atoms with Crippen molar-refractivity contribution in [1.29, 1.82) is 5.26 Å². The molecule has 0 aliphatic carbocycles. The molecule has 0 unspecified atom stereocenters. The van der Waals surface area contributed by atoms with Crippen LogP contribution in [-0.4, -0.2) is 11.7 Å². The Morgan fingerprint density at radius 3 is 2.46 bits per heavy atom. The molecule has 0 saturated heterocycles. The monoisotopic (exact) mass is 326 g/mol. The maximum atomic E-state index is 13.6. The molecule has 24 heavy (non-hydrogen) atoms. The summed E-state index contributed by atoms with van der Waals surface area (Å²) in [7, 11) is 1.56. The third-order valence-corrected chi connectivity index (χ3v) is 3.75. The summed E-state index contributed by atoms with van der Waals surface area (Å²) in [5.41, 5.74) is 0.350. The molecular weight excluding hydrogens is 314 g/mol. The van der Waals surface area contributed by atoms with Gasteiger partial charge >= 0.3 is 0 Å². The summed E-state index contributed by atoms with van der Waals surface area (Å²) < 4.78 is 33.7. The third kappa shape index (κ3) is 2.72. The van der Waals surface area contributed by atoms with E-state index in [0.29, 0.717) is 12.3 Å². The Morgan fingerprint density at radius 2 is 1.83 bits per heavy atom. The highest BCUT2D eigenvalue weighted by Gasteiger charge is 2.13. The molecule has 3 rings (SSSR count). The van der Waals surface area contributed by atoms with E-state index in [1.807, 2.05) is 12.1 Å². The number of aromatic nitrogens is 1. The van der Waals surface area contributed by atoms with Gasteiger partial charge in [-0.05, 0) is 23.8 Å². The summed E-state index contributed by atoms with van der Waals surface area (Å²) in [5.74, 6) is -1.48. The molecule has 0 amide bonds. The summed E-state index contributed by atoms with van der Waals surface area (Å²) in [6.45, 7) is 0.292. The zero-order chi connectivity index (χ0) is 17.3. The second-order valence-corrected chi connectivity index (χ2v) is 5.24. The summed E-state index contributed by atoms with van der Waals surface area (Å²) in [6.07, 6.45) is 1.35. The highest BCUT2D eigenvalue weighted by atomic mass is 19.2. The van der Waals surface area contributed by atoms with Gasteiger partial charge in [0.15, 0.2) is 11.6 Å². The first-order valence-corrected chi connectivity index (χ1v) is 7.08. The lowest BCUT2D eigenvalue weighted by Crippen LogP contribution is -2.14. The fraction of sp³-hybridized carbons (Fsp3) is 0.111. The Bertz CT molecular complexity index is 1020. The van der Waals surface area contributed by atoms with Crippen molar-refractivity contribution in [3.63, 3.8) is 0 Å². The van der Waals surface area contributed by atoms with Gasteiger partial charge in [-0.15, -0.1) is 0 Å². The Kier molecular flexibility index (Phi) is 4.00. The van der Waals surface area contributed by atoms with Crippen molar-refractivity contribution in [3.8, 4) is 11.8 Å². The van der Waals surface area contributed by atoms with Gasteiger partial charge in [0, 0.05) is 18.8 Å². The van der Waals surface area contributed by atoms with Crippen molar-refractivity contribution in [2.45, 2.75) is 6.54 Å². The fourth-order valence-electron chi connectivity index (χ4n) is 2.52. The molecule has 4 nitrogen and oxygen atoms in total. The highest BCUT2D eigenvalue weighted by Crippen LogP contribution is 2.19. The lowest BCUT2D eigenvalue weighted by Gasteiger charge is -2.12. The van der Waals surface area contributed by atoms with Crippen LogP contribution in [0.15, 0.2) is 47.4 Å². The van der Waals surface area contributed by atoms with Crippen LogP contribution in [-0.2, 0) is 6.54 Å². The molecule has 0 fully saturated rings. The van der Waals surface area contributed by atoms with Gasteiger partial charge in [0.2, 0.25) is 5.43 Å². The molecule has 0 aliphatic rings. The number of benzene rings is 2. The maximum absolute atomic E-state index is 13.6. The van der Waals surface area contributed by atoms with Crippen molar-refractivity contribution in [2.24, 2.45) is 0 Å². The molecular formula is C18H12F2N2O2. The number of methoxy groups -OCH3 is 1. The fourth-order valence-corrected chi connectivity index (χ4v) is 2.52. The van der Waals surface area contributed by atoms with E-state index >= 15 is 0 Å². The highest BCUT2D eigenvalue weighted by molar-refractivity contribution is 5.80. The van der Waals surface area contributed by atoms with E-state index in [4.69, 9.17) is 10.00 Å². The number of hydrogen-bond acceptors (Lipinski definition) is 3. The van der Waals surface area contributed by atoms with E-state index in [1.165, 1.54) is 6.20 Å². The Morgan fingerprint density at radius 1 is 1.17 bits per heavy atom. The first-order chi connectivity index (χ1) is 11.5. The number of nitriles is 1. The largest absolute Gasteiger partial charge is 0.497 e. The Balaban J connectivity index is 2.18. The van der Waals surface area contributed by atoms with E-state index in [0.717, 1.165) is 17.7 Å². The van der Waals surface area contributed by atoms with Gasteiger partial charge in [-0.25, -0.2) is 8.78 Å². The molecule has 1 aromatic heterocycles. The predicted molar refractivity (Wildman–Crippen MR) is 84.9 cm³/mol. The van der Waals surface area contributed by atoms with E-state index < -0.39 is 17.1 Å². The van der Waals surface area contributed by atoms with Gasteiger partial charge < -0.3 is 9.30 Å². The quantitative estimate of drug-likeness (QED) is 0.743. The third-order valence-electron chi connectivity index (χ3n) is 3.75. The molecule has 6 heteroatoms. The average molecular weight is 326 g/mol. The van der Waals surface area contributed by atoms with Gasteiger partial charge in [0.1, 0.15) is 17.4 Å². The summed E-state index contributed by atoms with van der Waals surface area (Å²) in [4.78, 5) is 12.2. The lowest BCUT2D eigenvalue weighted by molar-refractivity contribution is 0.414. The van der Waals surface area contributed by atoms with Crippen molar-refractivity contribution < 1.29 is 13.5 Å². The summed E-state index contributed by atoms with van der Waals surface area (Å²) >= 11 is 0. The number of nitrogens with zero attached hydrogens (tertiary/aromatic N) is 2. The maximum Gasteiger partial charge on any atom is 0.207 e. The Labute approximate surface area is 136 Å². The van der Waals surface area contributed by atoms with Crippen LogP contribution in [0.5, 0.6) is 5.75 Å². The van der Waals surface area contributed by atoms with Crippen molar-refractivity contribution >= 4 is 10.9 Å². The van der Waals surface area contributed by atoms with E-state index in [2.05, 4.69) is 0 Å². The van der Waals surface area contributed by atoms with Gasteiger partial charge in [-0.1, -0.05) is 12.1 Å². The minimum absolute atomic E-state index is 0.0264. The summed E-state index contributed by atoms with van der Waals surface area (Å²) in [6, 6.07) is 10.8. The van der Waals surface area contributed by atoms with Crippen molar-refractivity contribution in [2.75, 3.05) is 7.11 Å². The second-order valence-electron chi connectivity index (χ2n) is 5.24. The first-order valence-electron chi connectivity index (χ1n) is 7.08. The average Bonchev–Trinajstić information content (AvgIpc) is 2.59. The van der Waals surface area contributed by atoms with E-state index in [9.17, 15) is 13.6 Å². The van der Waals surface area contributed by atoms with Crippen LogP contribution in [0.4, 0.5) is 8.78 Å². The number of rotatable bonds is 3. The minimum Gasteiger partial charge on any atom is -0.497 e. The molecule has 3 aromatic rings. The molecule has 0 N–H and O–H groups in total. The van der Waals surface area contributed by atoms with Crippen LogP contribution < -0.4 is 10.2 Å². The number of hydrogen-bond donors (Lipinski definition) is 0. The lowest BCUT2D eigenvalue weighted by atomic mass is 10.1. The molecule has 0 spiro atoms. The molecule has 120 valence electrons. The normalized spacial score (nSPS) is 10.6. The molecule has 0 atom stereocenters. The number of ether oxygens (including phenoxy) is 1. The Hall–Kier alpha value is -3.20. The van der Waals surface area contributed by atoms with E-state index in [1.54, 1.807) is 29.9 Å². The van der Waals surface area contributed by atoms with Gasteiger partial charge in [0.25, 0.3) is 0 Å². The molecule has 0 bridgehead atoms. The van der Waals surface area contributed by atoms with Crippen LogP contribution in [0.1, 0.15) is 11.1 Å². The predicted octanol–water partition coefficient (Wildman–Crippen LogP) is 3.21. The second kappa shape index (κ2) is 6.13. The number of pyridine rings is 1. The van der Waals surface area contributed by atoms with Crippen LogP contribution in [0.3, 0.4) is 0 Å². The topological polar surface area (TPSA) is 55.0 Å². The van der Waals surface area contributed by atoms with Crippen LogP contribution in [0.2, 0.25) is 0 Å². The van der Waals surface area contributed by atoms with Crippen LogP contribution >= 0.6 is 0 Å². The number of halogens is 2. The smallest absolute Gasteiger partial charge is 0.207 e.